The lowest BCUT2D eigenvalue weighted by Crippen LogP contribution is -2.26. The summed E-state index contributed by atoms with van der Waals surface area (Å²) < 4.78 is 25.9. The quantitative estimate of drug-likeness (QED) is 0.377. The molecule has 2 fully saturated rings. The van der Waals surface area contributed by atoms with Gasteiger partial charge >= 0.3 is 0 Å². The summed E-state index contributed by atoms with van der Waals surface area (Å²) >= 11 is 0. The fraction of sp³-hybridized carbons (Fsp3) is 0.500. The van der Waals surface area contributed by atoms with E-state index in [9.17, 15) is 8.42 Å². The molecule has 9 nitrogen and oxygen atoms in total. The van der Waals surface area contributed by atoms with Crippen molar-refractivity contribution < 1.29 is 8.42 Å². The fourth-order valence-electron chi connectivity index (χ4n) is 5.42. The van der Waals surface area contributed by atoms with E-state index in [0.717, 1.165) is 62.8 Å². The maximum absolute atomic E-state index is 12.9. The van der Waals surface area contributed by atoms with Gasteiger partial charge in [0.15, 0.2) is 0 Å². The summed E-state index contributed by atoms with van der Waals surface area (Å²) in [5.74, 6) is 1.15. The molecule has 1 unspecified atom stereocenters. The number of nitrogens with one attached hydrogen (secondary N) is 2. The molecule has 194 valence electrons. The lowest BCUT2D eigenvalue weighted by Gasteiger charge is -2.26. The Morgan fingerprint density at radius 3 is 2.58 bits per heavy atom. The van der Waals surface area contributed by atoms with Crippen LogP contribution in [0.25, 0.3) is 17.0 Å². The summed E-state index contributed by atoms with van der Waals surface area (Å²) in [6.07, 6.45) is 12.7. The van der Waals surface area contributed by atoms with Crippen LogP contribution in [0.3, 0.4) is 0 Å². The van der Waals surface area contributed by atoms with Gasteiger partial charge in [-0.3, -0.25) is 0 Å². The van der Waals surface area contributed by atoms with E-state index in [4.69, 9.17) is 10.9 Å². The number of H-pyrrole nitrogens is 1. The molecule has 4 rings (SSSR count). The summed E-state index contributed by atoms with van der Waals surface area (Å²) in [5.41, 5.74) is 9.85. The number of aromatic amines is 1. The van der Waals surface area contributed by atoms with E-state index in [1.54, 1.807) is 0 Å². The molecule has 10 heteroatoms. The van der Waals surface area contributed by atoms with Gasteiger partial charge in [-0.2, -0.15) is 5.21 Å². The van der Waals surface area contributed by atoms with Crippen molar-refractivity contribution in [2.24, 2.45) is 22.7 Å². The molecular weight excluding hydrogens is 474 g/mol. The van der Waals surface area contributed by atoms with Crippen LogP contribution in [0.1, 0.15) is 56.6 Å². The third-order valence-corrected chi connectivity index (χ3v) is 8.56. The number of hydrogen-bond acceptors (Lipinski definition) is 7. The molecule has 1 aliphatic heterocycles. The van der Waals surface area contributed by atoms with Crippen LogP contribution in [-0.4, -0.2) is 48.2 Å². The van der Waals surface area contributed by atoms with E-state index >= 15 is 0 Å². The summed E-state index contributed by atoms with van der Waals surface area (Å²) in [6, 6.07) is 4.10. The van der Waals surface area contributed by atoms with E-state index in [1.807, 2.05) is 31.2 Å². The van der Waals surface area contributed by atoms with Crippen LogP contribution in [0.15, 0.2) is 47.4 Å². The largest absolute Gasteiger partial charge is 0.328 e. The highest BCUT2D eigenvalue weighted by Crippen LogP contribution is 2.36. The Labute approximate surface area is 213 Å². The van der Waals surface area contributed by atoms with Gasteiger partial charge in [0.2, 0.25) is 15.8 Å². The molecule has 6 N–H and O–H groups in total. The van der Waals surface area contributed by atoms with Gasteiger partial charge in [-0.15, -0.1) is 10.2 Å². The summed E-state index contributed by atoms with van der Waals surface area (Å²) in [4.78, 5) is 0.0783. The second-order valence-electron chi connectivity index (χ2n) is 9.99. The zero-order valence-corrected chi connectivity index (χ0v) is 21.7. The number of hydrogen-bond donors (Lipinski definition) is 4. The molecule has 1 saturated heterocycles. The van der Waals surface area contributed by atoms with Gasteiger partial charge in [0.1, 0.15) is 0 Å². The third-order valence-electron chi connectivity index (χ3n) is 7.52. The lowest BCUT2D eigenvalue weighted by molar-refractivity contribution is 0.310. The molecule has 1 aliphatic carbocycles. The Bertz CT molecular complexity index is 1220. The minimum atomic E-state index is -4.07. The van der Waals surface area contributed by atoms with E-state index in [0.29, 0.717) is 34.9 Å². The van der Waals surface area contributed by atoms with Gasteiger partial charge in [0.25, 0.3) is 0 Å². The number of aryl methyl sites for hydroxylation is 1. The molecule has 2 aromatic rings. The Kier molecular flexibility index (Phi) is 8.50. The van der Waals surface area contributed by atoms with Gasteiger partial charge in [-0.05, 0) is 97.7 Å². The number of nitrogens with two attached hydrogens (primary N) is 2. The Morgan fingerprint density at radius 1 is 1.19 bits per heavy atom. The van der Waals surface area contributed by atoms with Crippen molar-refractivity contribution in [1.29, 1.82) is 0 Å². The average molecular weight is 512 g/mol. The monoisotopic (exact) mass is 511 g/mol. The molecular formula is C26H37N7O2S. The molecule has 0 amide bonds. The van der Waals surface area contributed by atoms with Gasteiger partial charge in [-0.25, -0.2) is 13.6 Å². The maximum atomic E-state index is 12.9. The van der Waals surface area contributed by atoms with Crippen LogP contribution in [0.4, 0.5) is 0 Å². The number of primary sulfonamides is 1. The lowest BCUT2D eigenvalue weighted by atomic mass is 9.83. The van der Waals surface area contributed by atoms with E-state index in [-0.39, 0.29) is 16.8 Å². The standard InChI is InChI=1S/C26H37N7O2S/c1-3-19(21-14-15-29-16-21)8-4-17(2)23-13-10-20(9-5-18-6-11-22(27)12-7-18)25(36(28,34)35)24(23)26-30-32-33-31-26/h3-4,8,10,13,18,21-22,29H,1,5-7,9,11-12,14-16,27H2,2H3,(H2,28,34,35)(H,30,31,32,33)/b17-4+,19-8+. The molecule has 0 radical (unpaired) electrons. The number of nitrogens with zero attached hydrogens (tertiary/aromatic N) is 3. The fourth-order valence-corrected chi connectivity index (χ4v) is 6.44. The van der Waals surface area contributed by atoms with Crippen molar-refractivity contribution in [2.75, 3.05) is 13.1 Å². The van der Waals surface area contributed by atoms with Crippen LogP contribution >= 0.6 is 0 Å². The van der Waals surface area contributed by atoms with Crippen molar-refractivity contribution in [3.05, 3.63) is 53.6 Å². The first-order valence-corrected chi connectivity index (χ1v) is 14.2. The number of allylic oxidation sites excluding steroid dienone is 4. The molecule has 36 heavy (non-hydrogen) atoms. The first-order chi connectivity index (χ1) is 17.3. The van der Waals surface area contributed by atoms with Gasteiger partial charge in [-0.1, -0.05) is 36.9 Å². The molecule has 2 heterocycles. The predicted molar refractivity (Wildman–Crippen MR) is 142 cm³/mol. The second-order valence-corrected chi connectivity index (χ2v) is 11.5. The van der Waals surface area contributed by atoms with Crippen LogP contribution in [0.5, 0.6) is 0 Å². The predicted octanol–water partition coefficient (Wildman–Crippen LogP) is 3.09. The summed E-state index contributed by atoms with van der Waals surface area (Å²) in [6.45, 7) is 7.84. The number of rotatable bonds is 9. The molecule has 1 saturated carbocycles. The minimum absolute atomic E-state index is 0.0783. The molecule has 1 aromatic heterocycles. The van der Waals surface area contributed by atoms with Gasteiger partial charge in [0.05, 0.1) is 10.5 Å². The maximum Gasteiger partial charge on any atom is 0.239 e. The first-order valence-electron chi connectivity index (χ1n) is 12.7. The highest BCUT2D eigenvalue weighted by Gasteiger charge is 2.27. The second kappa shape index (κ2) is 11.6. The number of tetrazole rings is 1. The van der Waals surface area contributed by atoms with Crippen molar-refractivity contribution in [1.82, 2.24) is 25.9 Å². The molecule has 0 spiro atoms. The smallest absolute Gasteiger partial charge is 0.239 e. The SMILES string of the molecule is C=C/C(=C\C=C(/C)c1ccc(CCC2CCC(N)CC2)c(S(N)(=O)=O)c1-c1nn[nH]n1)C1CCNC1. The molecule has 2 aliphatic rings. The Balaban J connectivity index is 1.74. The summed E-state index contributed by atoms with van der Waals surface area (Å²) in [5, 5.41) is 23.6. The zero-order chi connectivity index (χ0) is 25.7. The highest BCUT2D eigenvalue weighted by molar-refractivity contribution is 7.89. The zero-order valence-electron chi connectivity index (χ0n) is 20.9. The van der Waals surface area contributed by atoms with Crippen LogP contribution in [-0.2, 0) is 16.4 Å². The molecule has 1 aromatic carbocycles. The average Bonchev–Trinajstić information content (AvgIpc) is 3.58. The molecule has 0 bridgehead atoms. The van der Waals surface area contributed by atoms with Crippen molar-refractivity contribution in [2.45, 2.75) is 62.8 Å². The van der Waals surface area contributed by atoms with Crippen LogP contribution < -0.4 is 16.2 Å². The van der Waals surface area contributed by atoms with Crippen molar-refractivity contribution >= 4 is 15.6 Å². The van der Waals surface area contributed by atoms with Crippen molar-refractivity contribution in [3.8, 4) is 11.4 Å². The van der Waals surface area contributed by atoms with Crippen LogP contribution in [0.2, 0.25) is 0 Å². The van der Waals surface area contributed by atoms with E-state index in [1.165, 1.54) is 0 Å². The highest BCUT2D eigenvalue weighted by atomic mass is 32.2. The minimum Gasteiger partial charge on any atom is -0.328 e. The molecule has 1 atom stereocenters. The Hall–Kier alpha value is -2.66. The van der Waals surface area contributed by atoms with Gasteiger partial charge < -0.3 is 11.1 Å². The number of aromatic nitrogens is 4. The first kappa shape index (κ1) is 26.4. The number of sulfonamides is 1. The Morgan fingerprint density at radius 2 is 1.97 bits per heavy atom. The summed E-state index contributed by atoms with van der Waals surface area (Å²) in [7, 11) is -4.07. The van der Waals surface area contributed by atoms with E-state index < -0.39 is 10.0 Å². The topological polar surface area (TPSA) is 153 Å². The third kappa shape index (κ3) is 6.18. The van der Waals surface area contributed by atoms with Gasteiger partial charge in [0, 0.05) is 12.6 Å². The van der Waals surface area contributed by atoms with E-state index in [2.05, 4.69) is 38.6 Å². The van der Waals surface area contributed by atoms with Crippen LogP contribution in [0, 0.1) is 11.8 Å². The van der Waals surface area contributed by atoms with Crippen molar-refractivity contribution in [3.63, 3.8) is 0 Å². The number of benzene rings is 1. The normalized spacial score (nSPS) is 23.7.